The number of carbonyl (C=O) groups is 1. The molecule has 2 atom stereocenters. The van der Waals surface area contributed by atoms with Crippen molar-refractivity contribution in [3.05, 3.63) is 34.6 Å². The second-order valence-electron chi connectivity index (χ2n) is 6.36. The topological polar surface area (TPSA) is 54.3 Å². The molecule has 0 bridgehead atoms. The van der Waals surface area contributed by atoms with Gasteiger partial charge in [-0.2, -0.15) is 9.47 Å². The first-order valence-corrected chi connectivity index (χ1v) is 8.80. The van der Waals surface area contributed by atoms with Crippen molar-refractivity contribution in [3.8, 4) is 0 Å². The molecular formula is C16H22FN5OS. The van der Waals surface area contributed by atoms with Crippen LogP contribution in [0.2, 0.25) is 0 Å². The fraction of sp³-hybridized carbons (Fsp3) is 0.562. The molecular weight excluding hydrogens is 329 g/mol. The molecule has 0 spiro atoms. The van der Waals surface area contributed by atoms with Gasteiger partial charge in [-0.1, -0.05) is 0 Å². The number of aryl methyl sites for hydroxylation is 2. The van der Waals surface area contributed by atoms with Gasteiger partial charge >= 0.3 is 0 Å². The summed E-state index contributed by atoms with van der Waals surface area (Å²) in [5.41, 5.74) is 2.43. The predicted molar refractivity (Wildman–Crippen MR) is 90.7 cm³/mol. The Balaban J connectivity index is 1.67. The summed E-state index contributed by atoms with van der Waals surface area (Å²) in [6.07, 6.45) is 1.35. The highest BCUT2D eigenvalue weighted by atomic mass is 32.1. The molecule has 0 aliphatic carbocycles. The molecule has 0 saturated carbocycles. The van der Waals surface area contributed by atoms with E-state index in [0.717, 1.165) is 11.4 Å². The number of aromatic nitrogens is 3. The summed E-state index contributed by atoms with van der Waals surface area (Å²) in [5.74, 6) is -0.0518. The maximum atomic E-state index is 14.0. The van der Waals surface area contributed by atoms with Gasteiger partial charge in [-0.3, -0.25) is 14.4 Å². The Morgan fingerprint density at radius 3 is 2.96 bits per heavy atom. The molecule has 2 aromatic rings. The van der Waals surface area contributed by atoms with E-state index >= 15 is 0 Å². The molecule has 3 heterocycles. The first-order valence-electron chi connectivity index (χ1n) is 7.97. The van der Waals surface area contributed by atoms with Crippen LogP contribution in [0.5, 0.6) is 0 Å². The number of hydrogen-bond donors (Lipinski definition) is 0. The smallest absolute Gasteiger partial charge is 0.256 e. The van der Waals surface area contributed by atoms with Gasteiger partial charge in [0, 0.05) is 51.3 Å². The molecule has 0 N–H and O–H groups in total. The van der Waals surface area contributed by atoms with E-state index in [-0.39, 0.29) is 11.9 Å². The first kappa shape index (κ1) is 17.0. The number of carbonyl (C=O) groups excluding carboxylic acids is 1. The van der Waals surface area contributed by atoms with Crippen LogP contribution < -0.4 is 0 Å². The van der Waals surface area contributed by atoms with Gasteiger partial charge in [0.25, 0.3) is 5.91 Å². The van der Waals surface area contributed by atoms with Crippen LogP contribution in [0.4, 0.5) is 4.39 Å². The molecule has 24 heavy (non-hydrogen) atoms. The van der Waals surface area contributed by atoms with Crippen LogP contribution in [-0.4, -0.2) is 62.2 Å². The largest absolute Gasteiger partial charge is 0.340 e. The molecule has 0 unspecified atom stereocenters. The summed E-state index contributed by atoms with van der Waals surface area (Å²) < 4.78 is 19.9. The molecule has 0 aromatic carbocycles. The van der Waals surface area contributed by atoms with Gasteiger partial charge < -0.3 is 4.90 Å². The van der Waals surface area contributed by atoms with E-state index in [1.165, 1.54) is 11.5 Å². The summed E-state index contributed by atoms with van der Waals surface area (Å²) in [5, 5.41) is 5.93. The molecule has 1 saturated heterocycles. The van der Waals surface area contributed by atoms with Crippen LogP contribution in [0.1, 0.15) is 28.2 Å². The Labute approximate surface area is 145 Å². The SMILES string of the molecule is Cc1nscc1C(=O)N(C)C[C@@H]1C[C@H](F)CN1Cc1ccnn1C. The van der Waals surface area contributed by atoms with Crippen LogP contribution in [0.15, 0.2) is 17.6 Å². The number of likely N-dealkylation sites (tertiary alicyclic amines) is 1. The second-order valence-corrected chi connectivity index (χ2v) is 6.99. The molecule has 2 aromatic heterocycles. The summed E-state index contributed by atoms with van der Waals surface area (Å²) in [6, 6.07) is 1.95. The zero-order valence-electron chi connectivity index (χ0n) is 14.1. The highest BCUT2D eigenvalue weighted by molar-refractivity contribution is 7.03. The Kier molecular flexibility index (Phi) is 4.96. The number of likely N-dealkylation sites (N-methyl/N-ethyl adjacent to an activating group) is 1. The second kappa shape index (κ2) is 6.98. The maximum Gasteiger partial charge on any atom is 0.256 e. The lowest BCUT2D eigenvalue weighted by Gasteiger charge is -2.28. The fourth-order valence-electron chi connectivity index (χ4n) is 3.17. The lowest BCUT2D eigenvalue weighted by Crippen LogP contribution is -2.41. The quantitative estimate of drug-likeness (QED) is 0.825. The lowest BCUT2D eigenvalue weighted by atomic mass is 10.1. The zero-order valence-corrected chi connectivity index (χ0v) is 15.0. The van der Waals surface area contributed by atoms with Gasteiger partial charge in [0.15, 0.2) is 0 Å². The van der Waals surface area contributed by atoms with Gasteiger partial charge in [-0.25, -0.2) is 4.39 Å². The highest BCUT2D eigenvalue weighted by Crippen LogP contribution is 2.24. The molecule has 1 aliphatic rings. The lowest BCUT2D eigenvalue weighted by molar-refractivity contribution is 0.0748. The third kappa shape index (κ3) is 3.49. The fourth-order valence-corrected chi connectivity index (χ4v) is 3.86. The number of nitrogens with zero attached hydrogens (tertiary/aromatic N) is 5. The van der Waals surface area contributed by atoms with Gasteiger partial charge in [0.2, 0.25) is 0 Å². The Morgan fingerprint density at radius 1 is 1.54 bits per heavy atom. The summed E-state index contributed by atoms with van der Waals surface area (Å²) in [6.45, 7) is 3.38. The van der Waals surface area contributed by atoms with Crippen molar-refractivity contribution in [1.29, 1.82) is 0 Å². The molecule has 1 aliphatic heterocycles. The number of rotatable bonds is 5. The average molecular weight is 351 g/mol. The van der Waals surface area contributed by atoms with E-state index in [9.17, 15) is 9.18 Å². The number of halogens is 1. The standard InChI is InChI=1S/C16H22FN5OS/c1-11-15(10-24-19-11)16(23)20(2)8-14-6-12(17)7-22(14)9-13-4-5-18-21(13)3/h4-5,10,12,14H,6-9H2,1-3H3/t12-,14-/m0/s1. The van der Waals surface area contributed by atoms with E-state index in [0.29, 0.717) is 31.6 Å². The Morgan fingerprint density at radius 2 is 2.33 bits per heavy atom. The number of alkyl halides is 1. The van der Waals surface area contributed by atoms with Crippen LogP contribution in [-0.2, 0) is 13.6 Å². The van der Waals surface area contributed by atoms with Crippen molar-refractivity contribution >= 4 is 17.4 Å². The van der Waals surface area contributed by atoms with Gasteiger partial charge in [-0.05, 0) is 30.9 Å². The predicted octanol–water partition coefficient (Wildman–Crippen LogP) is 1.87. The third-order valence-corrected chi connectivity index (χ3v) is 5.30. The Hall–Kier alpha value is -1.80. The van der Waals surface area contributed by atoms with Gasteiger partial charge in [-0.15, -0.1) is 0 Å². The minimum Gasteiger partial charge on any atom is -0.340 e. The maximum absolute atomic E-state index is 14.0. The van der Waals surface area contributed by atoms with E-state index < -0.39 is 6.17 Å². The van der Waals surface area contributed by atoms with E-state index in [1.807, 2.05) is 20.0 Å². The van der Waals surface area contributed by atoms with Gasteiger partial charge in [0.05, 0.1) is 17.0 Å². The molecule has 6 nitrogen and oxygen atoms in total. The normalized spacial score (nSPS) is 21.3. The summed E-state index contributed by atoms with van der Waals surface area (Å²) in [4.78, 5) is 16.3. The van der Waals surface area contributed by atoms with E-state index in [4.69, 9.17) is 0 Å². The molecule has 130 valence electrons. The van der Waals surface area contributed by atoms with Crippen LogP contribution in [0, 0.1) is 6.92 Å². The van der Waals surface area contributed by atoms with Crippen molar-refractivity contribution in [3.63, 3.8) is 0 Å². The van der Waals surface area contributed by atoms with Crippen molar-refractivity contribution in [2.24, 2.45) is 7.05 Å². The molecule has 8 heteroatoms. The van der Waals surface area contributed by atoms with E-state index in [1.54, 1.807) is 28.2 Å². The Bertz CT molecular complexity index is 715. The van der Waals surface area contributed by atoms with Crippen molar-refractivity contribution in [1.82, 2.24) is 24.0 Å². The molecule has 1 amide bonds. The average Bonchev–Trinajstić information content (AvgIpc) is 3.22. The molecule has 1 fully saturated rings. The zero-order chi connectivity index (χ0) is 17.3. The minimum absolute atomic E-state index is 0.00995. The van der Waals surface area contributed by atoms with Crippen molar-refractivity contribution in [2.45, 2.75) is 32.1 Å². The van der Waals surface area contributed by atoms with Crippen LogP contribution in [0.25, 0.3) is 0 Å². The van der Waals surface area contributed by atoms with Crippen molar-refractivity contribution in [2.75, 3.05) is 20.1 Å². The molecule has 3 rings (SSSR count). The highest BCUT2D eigenvalue weighted by Gasteiger charge is 2.34. The molecule has 0 radical (unpaired) electrons. The van der Waals surface area contributed by atoms with Crippen LogP contribution >= 0.6 is 11.5 Å². The number of hydrogen-bond acceptors (Lipinski definition) is 5. The first-order chi connectivity index (χ1) is 11.5. The summed E-state index contributed by atoms with van der Waals surface area (Å²) in [7, 11) is 3.66. The minimum atomic E-state index is -0.851. The van der Waals surface area contributed by atoms with E-state index in [2.05, 4.69) is 14.4 Å². The van der Waals surface area contributed by atoms with Crippen LogP contribution in [0.3, 0.4) is 0 Å². The third-order valence-electron chi connectivity index (χ3n) is 4.58. The monoisotopic (exact) mass is 351 g/mol. The number of amides is 1. The van der Waals surface area contributed by atoms with Gasteiger partial charge in [0.1, 0.15) is 6.17 Å². The van der Waals surface area contributed by atoms with Crippen molar-refractivity contribution < 1.29 is 9.18 Å². The summed E-state index contributed by atoms with van der Waals surface area (Å²) >= 11 is 1.28.